The van der Waals surface area contributed by atoms with Crippen LogP contribution in [0.3, 0.4) is 0 Å². The highest BCUT2D eigenvalue weighted by Gasteiger charge is 2.25. The summed E-state index contributed by atoms with van der Waals surface area (Å²) in [5.74, 6) is 3.97. The van der Waals surface area contributed by atoms with Crippen LogP contribution in [-0.2, 0) is 0 Å². The van der Waals surface area contributed by atoms with Gasteiger partial charge in [0.2, 0.25) is 0 Å². The number of amidine groups is 2. The third-order valence-corrected chi connectivity index (χ3v) is 7.54. The summed E-state index contributed by atoms with van der Waals surface area (Å²) in [6.07, 6.45) is 4.65. The highest BCUT2D eigenvalue weighted by atomic mass is 32.2. The molecule has 0 amide bonds. The van der Waals surface area contributed by atoms with Gasteiger partial charge in [-0.05, 0) is 43.9 Å². The quantitative estimate of drug-likeness (QED) is 0.416. The van der Waals surface area contributed by atoms with Gasteiger partial charge in [0, 0.05) is 36.9 Å². The summed E-state index contributed by atoms with van der Waals surface area (Å²) in [5, 5.41) is 17.2. The second-order valence-corrected chi connectivity index (χ2v) is 10.1. The van der Waals surface area contributed by atoms with Crippen molar-refractivity contribution >= 4 is 23.4 Å². The first-order chi connectivity index (χ1) is 16.0. The van der Waals surface area contributed by atoms with Crippen LogP contribution >= 0.6 is 11.8 Å². The van der Waals surface area contributed by atoms with Gasteiger partial charge in [-0.3, -0.25) is 10.1 Å². The molecule has 0 radical (unpaired) electrons. The fourth-order valence-corrected chi connectivity index (χ4v) is 5.30. The number of aromatic nitrogens is 2. The van der Waals surface area contributed by atoms with Crippen LogP contribution in [0.4, 0.5) is 0 Å². The first-order valence-corrected chi connectivity index (χ1v) is 12.6. The summed E-state index contributed by atoms with van der Waals surface area (Å²) in [5.41, 5.74) is 9.35. The minimum Gasteiger partial charge on any atom is -0.463 e. The number of likely N-dealkylation sites (tertiary alicyclic amines) is 1. The van der Waals surface area contributed by atoms with Gasteiger partial charge in [-0.15, -0.1) is 11.8 Å². The van der Waals surface area contributed by atoms with Crippen molar-refractivity contribution in [3.8, 4) is 11.5 Å². The molecule has 1 atom stereocenters. The van der Waals surface area contributed by atoms with Crippen LogP contribution in [0.5, 0.6) is 0 Å². The number of piperidine rings is 1. The van der Waals surface area contributed by atoms with Crippen molar-refractivity contribution < 1.29 is 9.52 Å². The SMILES string of the molecule is CC(=NC1=C(C(N)=NC(CO)C(C)C)SCC1)N1CCC(c2cc(-c3ccco3)n[nH]2)CC1. The fraction of sp³-hybridized carbons (Fsp3) is 0.542. The number of nitrogens with zero attached hydrogens (tertiary/aromatic N) is 4. The Bertz CT molecular complexity index is 1020. The lowest BCUT2D eigenvalue weighted by Crippen LogP contribution is -2.36. The molecule has 0 saturated carbocycles. The van der Waals surface area contributed by atoms with Crippen LogP contribution in [0, 0.1) is 5.92 Å². The number of nitrogens with two attached hydrogens (primary N) is 1. The van der Waals surface area contributed by atoms with E-state index in [0.717, 1.165) is 66.0 Å². The van der Waals surface area contributed by atoms with Crippen LogP contribution in [0.1, 0.15) is 51.6 Å². The largest absolute Gasteiger partial charge is 0.463 e. The van der Waals surface area contributed by atoms with E-state index in [2.05, 4.69) is 33.1 Å². The molecule has 4 rings (SSSR count). The molecule has 2 aromatic heterocycles. The number of thioether (sulfide) groups is 1. The van der Waals surface area contributed by atoms with Crippen molar-refractivity contribution in [3.63, 3.8) is 0 Å². The van der Waals surface area contributed by atoms with Crippen molar-refractivity contribution in [1.29, 1.82) is 0 Å². The minimum atomic E-state index is -0.181. The summed E-state index contributed by atoms with van der Waals surface area (Å²) in [4.78, 5) is 12.9. The number of hydrogen-bond donors (Lipinski definition) is 3. The highest BCUT2D eigenvalue weighted by Crippen LogP contribution is 2.34. The Labute approximate surface area is 199 Å². The molecule has 8 nitrogen and oxygen atoms in total. The molecule has 0 aliphatic carbocycles. The second-order valence-electron chi connectivity index (χ2n) is 8.99. The first kappa shape index (κ1) is 23.6. The Balaban J connectivity index is 1.40. The Kier molecular flexibility index (Phi) is 7.60. The molecule has 178 valence electrons. The van der Waals surface area contributed by atoms with E-state index in [9.17, 15) is 5.11 Å². The molecule has 0 spiro atoms. The molecule has 9 heteroatoms. The van der Waals surface area contributed by atoms with Crippen molar-refractivity contribution in [1.82, 2.24) is 15.1 Å². The highest BCUT2D eigenvalue weighted by molar-refractivity contribution is 8.04. The summed E-state index contributed by atoms with van der Waals surface area (Å²) in [6, 6.07) is 5.73. The average molecular weight is 471 g/mol. The molecule has 2 aromatic rings. The van der Waals surface area contributed by atoms with E-state index < -0.39 is 0 Å². The molecule has 2 aliphatic heterocycles. The predicted molar refractivity (Wildman–Crippen MR) is 134 cm³/mol. The lowest BCUT2D eigenvalue weighted by molar-refractivity contribution is 0.240. The van der Waals surface area contributed by atoms with Gasteiger partial charge in [0.1, 0.15) is 17.4 Å². The van der Waals surface area contributed by atoms with Gasteiger partial charge < -0.3 is 20.2 Å². The van der Waals surface area contributed by atoms with Crippen molar-refractivity contribution in [2.45, 2.75) is 52.0 Å². The maximum atomic E-state index is 9.59. The number of H-pyrrole nitrogens is 1. The molecule has 33 heavy (non-hydrogen) atoms. The lowest BCUT2D eigenvalue weighted by Gasteiger charge is -2.32. The third kappa shape index (κ3) is 5.52. The monoisotopic (exact) mass is 470 g/mol. The van der Waals surface area contributed by atoms with E-state index in [4.69, 9.17) is 15.1 Å². The minimum absolute atomic E-state index is 0.00221. The maximum Gasteiger partial charge on any atom is 0.154 e. The average Bonchev–Trinajstić information content (AvgIpc) is 3.58. The Morgan fingerprint density at radius 2 is 2.18 bits per heavy atom. The summed E-state index contributed by atoms with van der Waals surface area (Å²) >= 11 is 1.71. The molecule has 1 saturated heterocycles. The molecular weight excluding hydrogens is 436 g/mol. The number of aliphatic hydroxyl groups excluding tert-OH is 1. The molecule has 4 N–H and O–H groups in total. The van der Waals surface area contributed by atoms with Gasteiger partial charge in [-0.1, -0.05) is 13.8 Å². The van der Waals surface area contributed by atoms with Crippen molar-refractivity contribution in [3.05, 3.63) is 40.8 Å². The summed E-state index contributed by atoms with van der Waals surface area (Å²) in [7, 11) is 0. The Morgan fingerprint density at radius 1 is 1.39 bits per heavy atom. The van der Waals surface area contributed by atoms with Gasteiger partial charge in [0.25, 0.3) is 0 Å². The van der Waals surface area contributed by atoms with E-state index in [-0.39, 0.29) is 18.6 Å². The number of aromatic amines is 1. The van der Waals surface area contributed by atoms with E-state index >= 15 is 0 Å². The summed E-state index contributed by atoms with van der Waals surface area (Å²) in [6.45, 7) is 8.07. The molecule has 1 fully saturated rings. The molecular formula is C24H34N6O2S. The first-order valence-electron chi connectivity index (χ1n) is 11.7. The summed E-state index contributed by atoms with van der Waals surface area (Å²) < 4.78 is 5.45. The normalized spacial score (nSPS) is 19.7. The van der Waals surface area contributed by atoms with Crippen molar-refractivity contribution in [2.24, 2.45) is 21.6 Å². The maximum absolute atomic E-state index is 9.59. The van der Waals surface area contributed by atoms with E-state index in [0.29, 0.717) is 11.8 Å². The third-order valence-electron chi connectivity index (χ3n) is 6.40. The zero-order valence-corrected chi connectivity index (χ0v) is 20.4. The van der Waals surface area contributed by atoms with Crippen LogP contribution in [-0.4, -0.2) is 63.4 Å². The zero-order chi connectivity index (χ0) is 23.4. The van der Waals surface area contributed by atoms with Crippen LogP contribution in [0.25, 0.3) is 11.5 Å². The number of hydrogen-bond acceptors (Lipinski definition) is 6. The van der Waals surface area contributed by atoms with Crippen LogP contribution in [0.2, 0.25) is 0 Å². The smallest absolute Gasteiger partial charge is 0.154 e. The topological polar surface area (TPSA) is 116 Å². The number of aliphatic hydroxyl groups is 1. The van der Waals surface area contributed by atoms with Crippen LogP contribution < -0.4 is 5.73 Å². The van der Waals surface area contributed by atoms with Gasteiger partial charge in [0.15, 0.2) is 5.76 Å². The number of aliphatic imine (C=N–C) groups is 2. The number of nitrogens with one attached hydrogen (secondary N) is 1. The predicted octanol–water partition coefficient (Wildman–Crippen LogP) is 3.99. The van der Waals surface area contributed by atoms with Gasteiger partial charge >= 0.3 is 0 Å². The molecule has 0 aromatic carbocycles. The standard InChI is InChI=1S/C24H34N6O2S/c1-15(2)21(14-31)27-24(25)23-18(8-12-33-23)26-16(3)30-9-6-17(7-10-30)19-13-20(29-28-19)22-5-4-11-32-22/h4-5,11,13,15,17,21,31H,6-10,12,14H2,1-3H3,(H2,25,27)(H,28,29). The number of furan rings is 1. The Hall–Kier alpha value is -2.52. The molecule has 2 aliphatic rings. The van der Waals surface area contributed by atoms with E-state index in [1.807, 2.05) is 26.0 Å². The van der Waals surface area contributed by atoms with E-state index in [1.165, 1.54) is 5.69 Å². The van der Waals surface area contributed by atoms with E-state index in [1.54, 1.807) is 18.0 Å². The number of rotatable bonds is 7. The lowest BCUT2D eigenvalue weighted by atomic mass is 9.93. The fourth-order valence-electron chi connectivity index (χ4n) is 4.29. The van der Waals surface area contributed by atoms with Gasteiger partial charge in [-0.25, -0.2) is 4.99 Å². The Morgan fingerprint density at radius 3 is 2.85 bits per heavy atom. The molecule has 1 unspecified atom stereocenters. The molecule has 0 bridgehead atoms. The van der Waals surface area contributed by atoms with Crippen molar-refractivity contribution in [2.75, 3.05) is 25.4 Å². The molecule has 4 heterocycles. The van der Waals surface area contributed by atoms with Crippen LogP contribution in [0.15, 0.2) is 49.5 Å². The van der Waals surface area contributed by atoms with Gasteiger partial charge in [0.05, 0.1) is 29.5 Å². The second kappa shape index (κ2) is 10.6. The zero-order valence-electron chi connectivity index (χ0n) is 19.6. The van der Waals surface area contributed by atoms with Gasteiger partial charge in [-0.2, -0.15) is 5.10 Å². The number of allylic oxidation sites excluding steroid dienone is 1.